The zero-order valence-corrected chi connectivity index (χ0v) is 9.04. The van der Waals surface area contributed by atoms with Crippen LogP contribution < -0.4 is 0 Å². The number of halogens is 7. The fourth-order valence-electron chi connectivity index (χ4n) is 1.03. The van der Waals surface area contributed by atoms with Gasteiger partial charge in [0.25, 0.3) is 0 Å². The van der Waals surface area contributed by atoms with Gasteiger partial charge in [0.1, 0.15) is 5.56 Å². The molecule has 0 amide bonds. The van der Waals surface area contributed by atoms with Crippen LogP contribution in [0.5, 0.6) is 0 Å². The third-order valence-corrected chi connectivity index (χ3v) is 2.13. The predicted octanol–water partition coefficient (Wildman–Crippen LogP) is 2.25. The summed E-state index contributed by atoms with van der Waals surface area (Å²) < 4.78 is 120. The van der Waals surface area contributed by atoms with Gasteiger partial charge in [-0.25, -0.2) is 22.0 Å². The number of alkyl halides is 2. The van der Waals surface area contributed by atoms with E-state index in [1.54, 1.807) is 0 Å². The van der Waals surface area contributed by atoms with Crippen molar-refractivity contribution >= 4 is 10.4 Å². The first-order valence-corrected chi connectivity index (χ1v) is 5.32. The molecule has 0 atom stereocenters. The van der Waals surface area contributed by atoms with Crippen LogP contribution >= 0.6 is 0 Å². The zero-order chi connectivity index (χ0) is 15.2. The molecule has 0 spiro atoms. The fraction of sp³-hybridized carbons (Fsp3) is 0.143. The predicted molar refractivity (Wildman–Crippen MR) is 42.8 cm³/mol. The van der Waals surface area contributed by atoms with Gasteiger partial charge in [0.05, 0.1) is 0 Å². The van der Waals surface area contributed by atoms with E-state index in [9.17, 15) is 39.2 Å². The van der Waals surface area contributed by atoms with Gasteiger partial charge in [-0.2, -0.15) is 21.4 Å². The molecular formula is C7HF7O4S. The van der Waals surface area contributed by atoms with Gasteiger partial charge in [0, 0.05) is 0 Å². The summed E-state index contributed by atoms with van der Waals surface area (Å²) in [6.07, 6.45) is -5.50. The smallest absolute Gasteiger partial charge is 0.263 e. The molecule has 4 nitrogen and oxygen atoms in total. The monoisotopic (exact) mass is 314 g/mol. The van der Waals surface area contributed by atoms with Crippen LogP contribution in [0.25, 0.3) is 0 Å². The molecule has 0 aliphatic carbocycles. The van der Waals surface area contributed by atoms with E-state index in [2.05, 4.69) is 4.18 Å². The molecule has 1 N–H and O–H groups in total. The minimum atomic E-state index is -5.92. The third kappa shape index (κ3) is 2.96. The van der Waals surface area contributed by atoms with E-state index >= 15 is 0 Å². The molecule has 0 aromatic heterocycles. The summed E-state index contributed by atoms with van der Waals surface area (Å²) in [5, 5.41) is 0. The SMILES string of the molecule is O=S(=O)(O)OC(F)(F)c1c(F)c(F)c(F)c(F)c1F. The lowest BCUT2D eigenvalue weighted by Gasteiger charge is -2.16. The second-order valence-corrected chi connectivity index (χ2v) is 3.99. The molecule has 1 aromatic rings. The van der Waals surface area contributed by atoms with Crippen LogP contribution in [-0.4, -0.2) is 13.0 Å². The van der Waals surface area contributed by atoms with E-state index in [0.717, 1.165) is 0 Å². The highest BCUT2D eigenvalue weighted by Crippen LogP contribution is 2.37. The molecule has 19 heavy (non-hydrogen) atoms. The summed E-state index contributed by atoms with van der Waals surface area (Å²) >= 11 is 0. The maximum Gasteiger partial charge on any atom is 0.404 e. The maximum absolute atomic E-state index is 13.0. The van der Waals surface area contributed by atoms with Crippen LogP contribution in [0.4, 0.5) is 30.7 Å². The van der Waals surface area contributed by atoms with Crippen molar-refractivity contribution in [1.82, 2.24) is 0 Å². The van der Waals surface area contributed by atoms with E-state index in [1.165, 1.54) is 0 Å². The second kappa shape index (κ2) is 4.61. The molecule has 0 aliphatic rings. The molecule has 0 fully saturated rings. The topological polar surface area (TPSA) is 63.6 Å². The average Bonchev–Trinajstić information content (AvgIpc) is 2.20. The van der Waals surface area contributed by atoms with Gasteiger partial charge < -0.3 is 0 Å². The Morgan fingerprint density at radius 2 is 1.16 bits per heavy atom. The summed E-state index contributed by atoms with van der Waals surface area (Å²) in [6.45, 7) is 0. The van der Waals surface area contributed by atoms with E-state index in [4.69, 9.17) is 4.55 Å². The maximum atomic E-state index is 13.0. The Morgan fingerprint density at radius 1 is 0.842 bits per heavy atom. The van der Waals surface area contributed by atoms with E-state index < -0.39 is 51.2 Å². The molecule has 0 radical (unpaired) electrons. The van der Waals surface area contributed by atoms with Crippen molar-refractivity contribution in [2.75, 3.05) is 0 Å². The minimum absolute atomic E-state index is 2.58. The summed E-state index contributed by atoms with van der Waals surface area (Å²) in [5.41, 5.74) is -2.85. The molecule has 108 valence electrons. The molecule has 0 saturated heterocycles. The molecule has 0 bridgehead atoms. The average molecular weight is 314 g/mol. The van der Waals surface area contributed by atoms with Crippen molar-refractivity contribution in [2.24, 2.45) is 0 Å². The van der Waals surface area contributed by atoms with Crippen molar-refractivity contribution < 1.29 is 47.9 Å². The van der Waals surface area contributed by atoms with E-state index in [-0.39, 0.29) is 0 Å². The highest BCUT2D eigenvalue weighted by molar-refractivity contribution is 7.80. The van der Waals surface area contributed by atoms with Crippen molar-refractivity contribution in [3.05, 3.63) is 34.6 Å². The van der Waals surface area contributed by atoms with E-state index in [1.807, 2.05) is 0 Å². The Bertz CT molecular complexity index is 598. The second-order valence-electron chi connectivity index (χ2n) is 2.97. The Labute approximate surface area is 99.9 Å². The van der Waals surface area contributed by atoms with Crippen LogP contribution in [-0.2, 0) is 20.7 Å². The molecule has 1 rings (SSSR count). The Kier molecular flexibility index (Phi) is 3.80. The zero-order valence-electron chi connectivity index (χ0n) is 8.23. The van der Waals surface area contributed by atoms with Gasteiger partial charge in [0.15, 0.2) is 23.3 Å². The summed E-state index contributed by atoms with van der Waals surface area (Å²) in [6, 6.07) is 0. The minimum Gasteiger partial charge on any atom is -0.263 e. The molecule has 12 heteroatoms. The Morgan fingerprint density at radius 3 is 1.47 bits per heavy atom. The van der Waals surface area contributed by atoms with Crippen LogP contribution in [0.1, 0.15) is 5.56 Å². The number of hydrogen-bond acceptors (Lipinski definition) is 3. The number of benzene rings is 1. The summed E-state index contributed by atoms with van der Waals surface area (Å²) in [5.74, 6) is -14.2. The Balaban J connectivity index is 3.60. The standard InChI is InChI=1S/C7HF7O4S/c8-2-1(7(13,14)18-19(15,16)17)3(9)5(11)6(12)4(2)10/h(H,15,16,17). The van der Waals surface area contributed by atoms with Gasteiger partial charge >= 0.3 is 16.5 Å². The third-order valence-electron chi connectivity index (χ3n) is 1.71. The normalized spacial score (nSPS) is 12.8. The van der Waals surface area contributed by atoms with Gasteiger partial charge in [-0.05, 0) is 0 Å². The lowest BCUT2D eigenvalue weighted by Crippen LogP contribution is -2.27. The van der Waals surface area contributed by atoms with Crippen molar-refractivity contribution in [3.63, 3.8) is 0 Å². The highest BCUT2D eigenvalue weighted by atomic mass is 32.3. The van der Waals surface area contributed by atoms with Gasteiger partial charge in [-0.1, -0.05) is 0 Å². The van der Waals surface area contributed by atoms with Crippen molar-refractivity contribution in [2.45, 2.75) is 6.11 Å². The summed E-state index contributed by atoms with van der Waals surface area (Å²) in [4.78, 5) is 0. The van der Waals surface area contributed by atoms with Gasteiger partial charge in [0.2, 0.25) is 5.82 Å². The molecule has 1 aromatic carbocycles. The molecule has 0 heterocycles. The fourth-order valence-corrected chi connectivity index (χ4v) is 1.38. The molecule has 0 unspecified atom stereocenters. The molecular weight excluding hydrogens is 313 g/mol. The molecule has 0 aliphatic heterocycles. The first kappa shape index (κ1) is 15.7. The van der Waals surface area contributed by atoms with E-state index in [0.29, 0.717) is 0 Å². The van der Waals surface area contributed by atoms with Crippen molar-refractivity contribution in [3.8, 4) is 0 Å². The Hall–Kier alpha value is -1.40. The van der Waals surface area contributed by atoms with Crippen LogP contribution in [0.15, 0.2) is 0 Å². The summed E-state index contributed by atoms with van der Waals surface area (Å²) in [7, 11) is -5.92. The quantitative estimate of drug-likeness (QED) is 0.402. The number of rotatable bonds is 3. The van der Waals surface area contributed by atoms with Crippen LogP contribution in [0.2, 0.25) is 0 Å². The molecule has 0 saturated carbocycles. The lowest BCUT2D eigenvalue weighted by atomic mass is 10.1. The highest BCUT2D eigenvalue weighted by Gasteiger charge is 2.47. The van der Waals surface area contributed by atoms with Crippen molar-refractivity contribution in [1.29, 1.82) is 0 Å². The van der Waals surface area contributed by atoms with Gasteiger partial charge in [-0.15, -0.1) is 0 Å². The van der Waals surface area contributed by atoms with Crippen LogP contribution in [0, 0.1) is 29.1 Å². The first-order valence-electron chi connectivity index (χ1n) is 3.96. The first-order chi connectivity index (χ1) is 8.38. The lowest BCUT2D eigenvalue weighted by molar-refractivity contribution is -0.190. The van der Waals surface area contributed by atoms with Crippen LogP contribution in [0.3, 0.4) is 0 Å². The number of hydrogen-bond donors (Lipinski definition) is 1. The van der Waals surface area contributed by atoms with Gasteiger partial charge in [-0.3, -0.25) is 4.55 Å². The largest absolute Gasteiger partial charge is 0.404 e.